The monoisotopic (exact) mass is 241 g/mol. The maximum Gasteiger partial charge on any atom is 0.397 e. The summed E-state index contributed by atoms with van der Waals surface area (Å²) in [5, 5.41) is 19.9. The average Bonchev–Trinajstić information content (AvgIpc) is 2.61. The zero-order chi connectivity index (χ0) is 12.4. The summed E-state index contributed by atoms with van der Waals surface area (Å²) in [5.74, 6) is -0.143. The predicted molar refractivity (Wildman–Crippen MR) is 50.0 cm³/mol. The third-order valence-electron chi connectivity index (χ3n) is 2.85. The molecule has 1 rings (SSSR count). The highest BCUT2D eigenvalue weighted by Crippen LogP contribution is 2.44. The molecule has 1 aliphatic heterocycles. The Morgan fingerprint density at radius 2 is 2.12 bits per heavy atom. The Labute approximate surface area is 90.3 Å². The van der Waals surface area contributed by atoms with Crippen molar-refractivity contribution in [2.45, 2.75) is 12.6 Å². The standard InChI is InChI=1S/C8H14F3N3O2/c9-8(10,11)7(5-15)1-2-14(4-7)3-6(12)13-16/h15-16H,1-5H2,(H2,12,13). The minimum Gasteiger partial charge on any atom is -0.409 e. The van der Waals surface area contributed by atoms with E-state index in [1.165, 1.54) is 4.90 Å². The Morgan fingerprint density at radius 3 is 2.50 bits per heavy atom. The number of halogens is 3. The van der Waals surface area contributed by atoms with Crippen molar-refractivity contribution in [3.63, 3.8) is 0 Å². The zero-order valence-electron chi connectivity index (χ0n) is 8.54. The van der Waals surface area contributed by atoms with Crippen molar-refractivity contribution in [2.24, 2.45) is 16.3 Å². The summed E-state index contributed by atoms with van der Waals surface area (Å²) in [6, 6.07) is 0. The molecular weight excluding hydrogens is 227 g/mol. The van der Waals surface area contributed by atoms with E-state index in [4.69, 9.17) is 16.0 Å². The predicted octanol–water partition coefficient (Wildman–Crippen LogP) is -0.0205. The second-order valence-electron chi connectivity index (χ2n) is 3.99. The van der Waals surface area contributed by atoms with Crippen LogP contribution >= 0.6 is 0 Å². The van der Waals surface area contributed by atoms with E-state index in [0.717, 1.165) is 0 Å². The van der Waals surface area contributed by atoms with Crippen LogP contribution in [0.2, 0.25) is 0 Å². The molecule has 1 unspecified atom stereocenters. The molecule has 0 bridgehead atoms. The Hall–Kier alpha value is -1.02. The maximum atomic E-state index is 12.7. The molecule has 94 valence electrons. The number of amidine groups is 1. The molecule has 1 atom stereocenters. The highest BCUT2D eigenvalue weighted by atomic mass is 19.4. The third-order valence-corrected chi connectivity index (χ3v) is 2.85. The van der Waals surface area contributed by atoms with Gasteiger partial charge in [0.1, 0.15) is 5.41 Å². The SMILES string of the molecule is N/C(CN1CCC(CO)(C(F)(F)F)C1)=N\O. The second kappa shape index (κ2) is 4.46. The van der Waals surface area contributed by atoms with Crippen LogP contribution in [0.5, 0.6) is 0 Å². The molecule has 0 amide bonds. The summed E-state index contributed by atoms with van der Waals surface area (Å²) in [6.07, 6.45) is -4.62. The number of nitrogens with two attached hydrogens (primary N) is 1. The Morgan fingerprint density at radius 1 is 1.50 bits per heavy atom. The van der Waals surface area contributed by atoms with Gasteiger partial charge in [-0.1, -0.05) is 5.16 Å². The molecule has 16 heavy (non-hydrogen) atoms. The summed E-state index contributed by atoms with van der Waals surface area (Å²) in [4.78, 5) is 1.40. The van der Waals surface area contributed by atoms with Crippen LogP contribution in [-0.2, 0) is 0 Å². The Kier molecular flexibility index (Phi) is 3.64. The van der Waals surface area contributed by atoms with E-state index in [0.29, 0.717) is 0 Å². The Bertz CT molecular complexity index is 282. The molecule has 8 heteroatoms. The van der Waals surface area contributed by atoms with Gasteiger partial charge in [0, 0.05) is 6.54 Å². The zero-order valence-corrected chi connectivity index (χ0v) is 8.54. The molecule has 0 aromatic rings. The van der Waals surface area contributed by atoms with Gasteiger partial charge in [-0.15, -0.1) is 0 Å². The van der Waals surface area contributed by atoms with Crippen LogP contribution in [0, 0.1) is 5.41 Å². The highest BCUT2D eigenvalue weighted by Gasteiger charge is 2.57. The topological polar surface area (TPSA) is 82.1 Å². The van der Waals surface area contributed by atoms with Gasteiger partial charge in [-0.2, -0.15) is 13.2 Å². The van der Waals surface area contributed by atoms with E-state index in [2.05, 4.69) is 5.16 Å². The van der Waals surface area contributed by atoms with Crippen molar-refractivity contribution in [3.05, 3.63) is 0 Å². The van der Waals surface area contributed by atoms with E-state index in [9.17, 15) is 13.2 Å². The van der Waals surface area contributed by atoms with Gasteiger partial charge < -0.3 is 16.0 Å². The molecule has 0 spiro atoms. The van der Waals surface area contributed by atoms with Gasteiger partial charge in [-0.25, -0.2) is 0 Å². The first-order valence-corrected chi connectivity index (χ1v) is 4.71. The summed E-state index contributed by atoms with van der Waals surface area (Å²) in [6.45, 7) is -1.14. The van der Waals surface area contributed by atoms with Gasteiger partial charge >= 0.3 is 6.18 Å². The first-order chi connectivity index (χ1) is 7.34. The second-order valence-corrected chi connectivity index (χ2v) is 3.99. The van der Waals surface area contributed by atoms with E-state index < -0.39 is 18.2 Å². The molecular formula is C8H14F3N3O2. The number of aliphatic hydroxyl groups is 1. The van der Waals surface area contributed by atoms with Crippen molar-refractivity contribution >= 4 is 5.84 Å². The van der Waals surface area contributed by atoms with Gasteiger partial charge in [0.2, 0.25) is 0 Å². The fourth-order valence-corrected chi connectivity index (χ4v) is 1.80. The minimum absolute atomic E-state index is 0.0334. The van der Waals surface area contributed by atoms with E-state index in [1.807, 2.05) is 0 Å². The van der Waals surface area contributed by atoms with Gasteiger partial charge in [-0.3, -0.25) is 4.90 Å². The van der Waals surface area contributed by atoms with Gasteiger partial charge in [0.15, 0.2) is 5.84 Å². The molecule has 0 aliphatic carbocycles. The molecule has 4 N–H and O–H groups in total. The van der Waals surface area contributed by atoms with E-state index in [1.54, 1.807) is 0 Å². The van der Waals surface area contributed by atoms with Crippen molar-refractivity contribution in [2.75, 3.05) is 26.2 Å². The van der Waals surface area contributed by atoms with Crippen LogP contribution in [0.4, 0.5) is 13.2 Å². The molecule has 0 radical (unpaired) electrons. The first kappa shape index (κ1) is 13.0. The number of hydrogen-bond donors (Lipinski definition) is 3. The van der Waals surface area contributed by atoms with Crippen LogP contribution in [0.1, 0.15) is 6.42 Å². The molecule has 0 saturated carbocycles. The Balaban J connectivity index is 2.69. The highest BCUT2D eigenvalue weighted by molar-refractivity contribution is 5.81. The third kappa shape index (κ3) is 2.38. The summed E-state index contributed by atoms with van der Waals surface area (Å²) >= 11 is 0. The fourth-order valence-electron chi connectivity index (χ4n) is 1.80. The van der Waals surface area contributed by atoms with Crippen molar-refractivity contribution in [3.8, 4) is 0 Å². The minimum atomic E-state index is -4.44. The smallest absolute Gasteiger partial charge is 0.397 e. The number of rotatable bonds is 3. The lowest BCUT2D eigenvalue weighted by atomic mass is 9.87. The number of alkyl halides is 3. The molecule has 1 fully saturated rings. The largest absolute Gasteiger partial charge is 0.409 e. The van der Waals surface area contributed by atoms with Crippen molar-refractivity contribution < 1.29 is 23.5 Å². The number of likely N-dealkylation sites (tertiary alicyclic amines) is 1. The summed E-state index contributed by atoms with van der Waals surface area (Å²) in [7, 11) is 0. The number of nitrogens with zero attached hydrogens (tertiary/aromatic N) is 2. The molecule has 1 saturated heterocycles. The fraction of sp³-hybridized carbons (Fsp3) is 0.875. The molecule has 5 nitrogen and oxygen atoms in total. The molecule has 1 aliphatic rings. The lowest BCUT2D eigenvalue weighted by molar-refractivity contribution is -0.230. The lowest BCUT2D eigenvalue weighted by Gasteiger charge is -2.29. The number of oxime groups is 1. The summed E-state index contributed by atoms with van der Waals surface area (Å²) < 4.78 is 38.1. The first-order valence-electron chi connectivity index (χ1n) is 4.71. The number of aliphatic hydroxyl groups excluding tert-OH is 1. The van der Waals surface area contributed by atoms with Gasteiger partial charge in [-0.05, 0) is 13.0 Å². The normalized spacial score (nSPS) is 28.6. The van der Waals surface area contributed by atoms with Gasteiger partial charge in [0.05, 0.1) is 13.2 Å². The van der Waals surface area contributed by atoms with Crippen molar-refractivity contribution in [1.29, 1.82) is 0 Å². The maximum absolute atomic E-state index is 12.7. The molecule has 0 aromatic carbocycles. The summed E-state index contributed by atoms with van der Waals surface area (Å²) in [5.41, 5.74) is 3.13. The van der Waals surface area contributed by atoms with Crippen LogP contribution < -0.4 is 5.73 Å². The quantitative estimate of drug-likeness (QED) is 0.281. The van der Waals surface area contributed by atoms with Crippen molar-refractivity contribution in [1.82, 2.24) is 4.90 Å². The van der Waals surface area contributed by atoms with E-state index >= 15 is 0 Å². The van der Waals surface area contributed by atoms with Gasteiger partial charge in [0.25, 0.3) is 0 Å². The lowest BCUT2D eigenvalue weighted by Crippen LogP contribution is -2.44. The van der Waals surface area contributed by atoms with Crippen LogP contribution in [0.3, 0.4) is 0 Å². The van der Waals surface area contributed by atoms with Crippen LogP contribution in [0.15, 0.2) is 5.16 Å². The van der Waals surface area contributed by atoms with E-state index in [-0.39, 0.29) is 31.9 Å². The van der Waals surface area contributed by atoms with Crippen LogP contribution in [-0.4, -0.2) is 53.5 Å². The molecule has 0 aromatic heterocycles. The number of hydrogen-bond acceptors (Lipinski definition) is 4. The average molecular weight is 241 g/mol. The molecule has 1 heterocycles. The van der Waals surface area contributed by atoms with Crippen LogP contribution in [0.25, 0.3) is 0 Å².